The second kappa shape index (κ2) is 9.07. The van der Waals surface area contributed by atoms with Crippen LogP contribution in [0.3, 0.4) is 0 Å². The van der Waals surface area contributed by atoms with Crippen LogP contribution < -0.4 is 10.2 Å². The van der Waals surface area contributed by atoms with Crippen LogP contribution >= 0.6 is 0 Å². The van der Waals surface area contributed by atoms with E-state index in [1.54, 1.807) is 30.7 Å². The van der Waals surface area contributed by atoms with Gasteiger partial charge < -0.3 is 15.1 Å². The number of carbonyl (C=O) groups excluding carboxylic acids is 2. The van der Waals surface area contributed by atoms with Gasteiger partial charge in [0, 0.05) is 49.6 Å². The molecule has 4 aromatic rings. The van der Waals surface area contributed by atoms with Gasteiger partial charge in [0.1, 0.15) is 0 Å². The van der Waals surface area contributed by atoms with Gasteiger partial charge in [0.15, 0.2) is 0 Å². The van der Waals surface area contributed by atoms with Crippen molar-refractivity contribution >= 4 is 34.4 Å². The minimum Gasteiger partial charge on any atom is -0.339 e. The fraction of sp³-hybridized carbons (Fsp3) is 0.208. The number of benzene rings is 2. The quantitative estimate of drug-likeness (QED) is 0.493. The molecule has 1 saturated heterocycles. The number of aromatic nitrogens is 4. The third kappa shape index (κ3) is 4.52. The van der Waals surface area contributed by atoms with Crippen LogP contribution in [0.4, 0.5) is 11.6 Å². The number of para-hydroxylation sites is 1. The van der Waals surface area contributed by atoms with Crippen molar-refractivity contribution in [2.45, 2.75) is 6.42 Å². The number of hydrogen-bond acceptors (Lipinski definition) is 6. The third-order valence-corrected chi connectivity index (χ3v) is 5.76. The molecule has 3 heterocycles. The number of H-pyrrole nitrogens is 1. The van der Waals surface area contributed by atoms with Gasteiger partial charge in [-0.15, -0.1) is 0 Å². The lowest BCUT2D eigenvalue weighted by Gasteiger charge is -2.34. The third-order valence-electron chi connectivity index (χ3n) is 5.76. The number of rotatable bonds is 5. The van der Waals surface area contributed by atoms with E-state index in [9.17, 15) is 9.59 Å². The summed E-state index contributed by atoms with van der Waals surface area (Å²) in [5.41, 5.74) is 2.81. The molecule has 2 aromatic heterocycles. The molecule has 9 heteroatoms. The first-order chi connectivity index (χ1) is 16.2. The van der Waals surface area contributed by atoms with Gasteiger partial charge in [0.25, 0.3) is 5.91 Å². The number of nitrogens with one attached hydrogen (secondary N) is 2. The van der Waals surface area contributed by atoms with E-state index in [2.05, 4.69) is 30.4 Å². The highest BCUT2D eigenvalue weighted by molar-refractivity contribution is 6.11. The van der Waals surface area contributed by atoms with Crippen molar-refractivity contribution in [1.29, 1.82) is 0 Å². The zero-order valence-electron chi connectivity index (χ0n) is 17.9. The summed E-state index contributed by atoms with van der Waals surface area (Å²) in [5.74, 6) is 0.575. The van der Waals surface area contributed by atoms with Crippen LogP contribution in [0.15, 0.2) is 67.1 Å². The number of aromatic amines is 1. The number of carbonyl (C=O) groups is 2. The molecule has 1 fully saturated rings. The molecule has 1 aliphatic rings. The molecule has 2 N–H and O–H groups in total. The molecule has 0 saturated carbocycles. The Labute approximate surface area is 190 Å². The fourth-order valence-electron chi connectivity index (χ4n) is 3.96. The van der Waals surface area contributed by atoms with Gasteiger partial charge in [0.05, 0.1) is 23.7 Å². The summed E-state index contributed by atoms with van der Waals surface area (Å²) >= 11 is 0. The minimum absolute atomic E-state index is 0.0892. The molecule has 0 atom stereocenters. The van der Waals surface area contributed by atoms with Crippen molar-refractivity contribution in [3.8, 4) is 0 Å². The molecule has 9 nitrogen and oxygen atoms in total. The second-order valence-electron chi connectivity index (χ2n) is 7.88. The van der Waals surface area contributed by atoms with E-state index in [-0.39, 0.29) is 11.8 Å². The summed E-state index contributed by atoms with van der Waals surface area (Å²) in [7, 11) is 0. The maximum atomic E-state index is 12.8. The Morgan fingerprint density at radius 3 is 2.45 bits per heavy atom. The maximum absolute atomic E-state index is 12.8. The summed E-state index contributed by atoms with van der Waals surface area (Å²) in [5, 5.41) is 10.7. The molecular weight excluding hydrogens is 418 g/mol. The van der Waals surface area contributed by atoms with Gasteiger partial charge in [-0.3, -0.25) is 14.7 Å². The molecule has 33 heavy (non-hydrogen) atoms. The van der Waals surface area contributed by atoms with E-state index in [0.29, 0.717) is 55.3 Å². The average molecular weight is 441 g/mol. The first kappa shape index (κ1) is 20.6. The molecule has 1 aliphatic heterocycles. The van der Waals surface area contributed by atoms with Crippen molar-refractivity contribution in [2.75, 3.05) is 36.4 Å². The van der Waals surface area contributed by atoms with Gasteiger partial charge in [-0.2, -0.15) is 5.10 Å². The van der Waals surface area contributed by atoms with Crippen molar-refractivity contribution in [1.82, 2.24) is 25.1 Å². The zero-order valence-corrected chi connectivity index (χ0v) is 17.9. The van der Waals surface area contributed by atoms with E-state index in [1.807, 2.05) is 41.3 Å². The van der Waals surface area contributed by atoms with Gasteiger partial charge >= 0.3 is 0 Å². The molecule has 0 unspecified atom stereocenters. The standard InChI is InChI=1S/C24H23N7O2/c32-21(30-11-13-31(14-12-30)24-25-9-2-10-26-24)15-17-5-7-19(8-6-17)28-23(33)20-4-1-3-18-16-27-29-22(18)20/h1-10,16H,11-15H2,(H,27,29)(H,28,33). The Kier molecular flexibility index (Phi) is 5.67. The summed E-state index contributed by atoms with van der Waals surface area (Å²) in [6, 6.07) is 14.7. The number of anilines is 2. The van der Waals surface area contributed by atoms with Crippen LogP contribution in [-0.4, -0.2) is 63.1 Å². The molecule has 0 bridgehead atoms. The predicted octanol–water partition coefficient (Wildman–Crippen LogP) is 2.50. The van der Waals surface area contributed by atoms with E-state index >= 15 is 0 Å². The zero-order chi connectivity index (χ0) is 22.6. The molecule has 2 aromatic carbocycles. The van der Waals surface area contributed by atoms with E-state index in [0.717, 1.165) is 10.9 Å². The monoisotopic (exact) mass is 441 g/mol. The van der Waals surface area contributed by atoms with Crippen LogP contribution in [0.1, 0.15) is 15.9 Å². The predicted molar refractivity (Wildman–Crippen MR) is 125 cm³/mol. The average Bonchev–Trinajstić information content (AvgIpc) is 3.35. The van der Waals surface area contributed by atoms with Gasteiger partial charge in [-0.1, -0.05) is 24.3 Å². The molecule has 5 rings (SSSR count). The topological polar surface area (TPSA) is 107 Å². The Bertz CT molecular complexity index is 1260. The minimum atomic E-state index is -0.214. The van der Waals surface area contributed by atoms with Crippen molar-refractivity contribution < 1.29 is 9.59 Å². The lowest BCUT2D eigenvalue weighted by molar-refractivity contribution is -0.130. The lowest BCUT2D eigenvalue weighted by atomic mass is 10.1. The maximum Gasteiger partial charge on any atom is 0.257 e. The van der Waals surface area contributed by atoms with Crippen molar-refractivity contribution in [3.05, 3.63) is 78.2 Å². The molecule has 0 aliphatic carbocycles. The largest absolute Gasteiger partial charge is 0.339 e. The van der Waals surface area contributed by atoms with Gasteiger partial charge in [-0.25, -0.2) is 9.97 Å². The Balaban J connectivity index is 1.16. The van der Waals surface area contributed by atoms with Crippen LogP contribution in [0.25, 0.3) is 10.9 Å². The summed E-state index contributed by atoms with van der Waals surface area (Å²) in [6.45, 7) is 2.71. The van der Waals surface area contributed by atoms with Crippen LogP contribution in [0, 0.1) is 0 Å². The molecule has 0 spiro atoms. The Hall–Kier alpha value is -4.27. The van der Waals surface area contributed by atoms with Gasteiger partial charge in [0.2, 0.25) is 11.9 Å². The van der Waals surface area contributed by atoms with Crippen LogP contribution in [0.5, 0.6) is 0 Å². The molecular formula is C24H23N7O2. The summed E-state index contributed by atoms with van der Waals surface area (Å²) in [6.07, 6.45) is 5.46. The first-order valence-corrected chi connectivity index (χ1v) is 10.8. The SMILES string of the molecule is O=C(Nc1ccc(CC(=O)N2CCN(c3ncccn3)CC2)cc1)c1cccc2cn[nH]c12. The molecule has 0 radical (unpaired) electrons. The molecule has 166 valence electrons. The number of piperazine rings is 1. The van der Waals surface area contributed by atoms with Crippen LogP contribution in [0.2, 0.25) is 0 Å². The van der Waals surface area contributed by atoms with E-state index < -0.39 is 0 Å². The highest BCUT2D eigenvalue weighted by atomic mass is 16.2. The number of amides is 2. The Morgan fingerprint density at radius 2 is 1.70 bits per heavy atom. The number of nitrogens with zero attached hydrogens (tertiary/aromatic N) is 5. The smallest absolute Gasteiger partial charge is 0.257 e. The molecule has 2 amide bonds. The highest BCUT2D eigenvalue weighted by Crippen LogP contribution is 2.18. The highest BCUT2D eigenvalue weighted by Gasteiger charge is 2.22. The fourth-order valence-corrected chi connectivity index (χ4v) is 3.96. The van der Waals surface area contributed by atoms with Crippen molar-refractivity contribution in [3.63, 3.8) is 0 Å². The van der Waals surface area contributed by atoms with Gasteiger partial charge in [-0.05, 0) is 29.8 Å². The normalized spacial score (nSPS) is 13.8. The first-order valence-electron chi connectivity index (χ1n) is 10.8. The lowest BCUT2D eigenvalue weighted by Crippen LogP contribution is -2.49. The number of fused-ring (bicyclic) bond motifs is 1. The van der Waals surface area contributed by atoms with E-state index in [1.165, 1.54) is 0 Å². The second-order valence-corrected chi connectivity index (χ2v) is 7.88. The van der Waals surface area contributed by atoms with Crippen molar-refractivity contribution in [2.24, 2.45) is 0 Å². The summed E-state index contributed by atoms with van der Waals surface area (Å²) in [4.78, 5) is 38.0. The van der Waals surface area contributed by atoms with E-state index in [4.69, 9.17) is 0 Å². The Morgan fingerprint density at radius 1 is 0.939 bits per heavy atom. The van der Waals surface area contributed by atoms with Crippen LogP contribution in [-0.2, 0) is 11.2 Å². The summed E-state index contributed by atoms with van der Waals surface area (Å²) < 4.78 is 0. The number of hydrogen-bond donors (Lipinski definition) is 2.